The molecule has 0 unspecified atom stereocenters. The van der Waals surface area contributed by atoms with Crippen LogP contribution in [0.1, 0.15) is 135 Å². The van der Waals surface area contributed by atoms with Gasteiger partial charge in [-0.2, -0.15) is 0 Å². The van der Waals surface area contributed by atoms with E-state index in [1.165, 1.54) is 51.4 Å². The fourth-order valence-electron chi connectivity index (χ4n) is 7.91. The molecule has 2 aromatic carbocycles. The number of nitrogens with zero attached hydrogens (tertiary/aromatic N) is 6. The van der Waals surface area contributed by atoms with Crippen molar-refractivity contribution >= 4 is 23.2 Å². The third-order valence-electron chi connectivity index (χ3n) is 11.1. The summed E-state index contributed by atoms with van der Waals surface area (Å²) in [5.41, 5.74) is 1.58. The van der Waals surface area contributed by atoms with Gasteiger partial charge in [0.05, 0.1) is 10.8 Å². The molecule has 0 N–H and O–H groups in total. The summed E-state index contributed by atoms with van der Waals surface area (Å²) in [4.78, 5) is 0. The Morgan fingerprint density at radius 2 is 0.870 bits per heavy atom. The summed E-state index contributed by atoms with van der Waals surface area (Å²) in [5, 5.41) is 19.6. The van der Waals surface area contributed by atoms with E-state index in [0.29, 0.717) is 59.6 Å². The van der Waals surface area contributed by atoms with Gasteiger partial charge in [0.1, 0.15) is 35.6 Å². The summed E-state index contributed by atoms with van der Waals surface area (Å²) in [5.74, 6) is 5.38. The standard InChI is InChI=1S/2C18H19ClFN3/c2*19-13-5-3-12(4-6-13)18(9-14(20)10-18)17-22-21-16(11-1-2-11)23(17)15-7-8-15/h2*3-6,11,14-15H,1-2,7-10H2. The van der Waals surface area contributed by atoms with Crippen molar-refractivity contribution in [3.63, 3.8) is 0 Å². The van der Waals surface area contributed by atoms with Gasteiger partial charge in [-0.1, -0.05) is 47.5 Å². The smallest absolute Gasteiger partial charge is 0.144 e. The van der Waals surface area contributed by atoms with Crippen LogP contribution >= 0.6 is 23.2 Å². The molecule has 10 heteroatoms. The molecule has 6 fully saturated rings. The Bertz CT molecular complexity index is 1610. The molecule has 0 saturated heterocycles. The zero-order valence-corrected chi connectivity index (χ0v) is 27.3. The number of aromatic nitrogens is 6. The lowest BCUT2D eigenvalue weighted by Crippen LogP contribution is -2.45. The van der Waals surface area contributed by atoms with E-state index in [1.54, 1.807) is 0 Å². The van der Waals surface area contributed by atoms with Gasteiger partial charge in [-0.05, 0) is 112 Å². The molecular weight excluding hydrogens is 625 g/mol. The lowest BCUT2D eigenvalue weighted by Gasteiger charge is -2.44. The number of benzene rings is 2. The second kappa shape index (κ2) is 10.8. The highest BCUT2D eigenvalue weighted by Crippen LogP contribution is 2.55. The van der Waals surface area contributed by atoms with Crippen molar-refractivity contribution in [1.82, 2.24) is 29.5 Å². The molecule has 4 aromatic rings. The fourth-order valence-corrected chi connectivity index (χ4v) is 8.16. The molecule has 0 spiro atoms. The number of rotatable bonds is 8. The predicted molar refractivity (Wildman–Crippen MR) is 173 cm³/mol. The SMILES string of the molecule is FC1CC(c2ccc(Cl)cc2)(c2nnc(C3CC3)n2C2CC2)C1.FC1CC(c2ccc(Cl)cc2)(c2nnc(C3CC3)n2C2CC2)C1. The Morgan fingerprint density at radius 1 is 0.522 bits per heavy atom. The molecule has 2 heterocycles. The van der Waals surface area contributed by atoms with Crippen LogP contribution in [-0.4, -0.2) is 41.9 Å². The minimum atomic E-state index is -0.751. The normalized spacial score (nSPS) is 30.3. The first kappa shape index (κ1) is 29.3. The van der Waals surface area contributed by atoms with Crippen LogP contribution in [0.5, 0.6) is 0 Å². The second-order valence-corrected chi connectivity index (χ2v) is 15.6. The first-order valence-electron chi connectivity index (χ1n) is 17.1. The van der Waals surface area contributed by atoms with E-state index in [0.717, 1.165) is 34.4 Å². The van der Waals surface area contributed by atoms with Crippen LogP contribution in [0.4, 0.5) is 8.78 Å². The highest BCUT2D eigenvalue weighted by molar-refractivity contribution is 6.30. The molecule has 0 radical (unpaired) electrons. The summed E-state index contributed by atoms with van der Waals surface area (Å²) in [6.45, 7) is 0. The monoisotopic (exact) mass is 662 g/mol. The lowest BCUT2D eigenvalue weighted by atomic mass is 9.62. The molecule has 0 bridgehead atoms. The average Bonchev–Trinajstić information content (AvgIpc) is 3.83. The third kappa shape index (κ3) is 5.01. The van der Waals surface area contributed by atoms with Crippen LogP contribution < -0.4 is 0 Å². The minimum Gasteiger partial charge on any atom is -0.311 e. The Kier molecular flexibility index (Phi) is 6.91. The van der Waals surface area contributed by atoms with Crippen molar-refractivity contribution in [2.24, 2.45) is 0 Å². The molecule has 6 saturated carbocycles. The molecular formula is C36H38Cl2F2N6. The van der Waals surface area contributed by atoms with Crippen molar-refractivity contribution in [3.05, 3.63) is 93.0 Å². The summed E-state index contributed by atoms with van der Waals surface area (Å²) in [7, 11) is 0. The van der Waals surface area contributed by atoms with Gasteiger partial charge in [-0.3, -0.25) is 0 Å². The molecule has 6 aliphatic carbocycles. The first-order valence-corrected chi connectivity index (χ1v) is 17.8. The quantitative estimate of drug-likeness (QED) is 0.189. The molecule has 6 aliphatic rings. The van der Waals surface area contributed by atoms with E-state index >= 15 is 0 Å². The minimum absolute atomic E-state index is 0.327. The Labute approximate surface area is 277 Å². The molecule has 240 valence electrons. The molecule has 6 nitrogen and oxygen atoms in total. The summed E-state index contributed by atoms with van der Waals surface area (Å²) >= 11 is 12.1. The molecule has 0 atom stereocenters. The highest BCUT2D eigenvalue weighted by atomic mass is 35.5. The first-order chi connectivity index (χ1) is 22.3. The molecule has 0 amide bonds. The number of halogens is 4. The maximum absolute atomic E-state index is 13.9. The van der Waals surface area contributed by atoms with Crippen LogP contribution in [-0.2, 0) is 10.8 Å². The van der Waals surface area contributed by atoms with Gasteiger partial charge >= 0.3 is 0 Å². The number of hydrogen-bond acceptors (Lipinski definition) is 4. The number of hydrogen-bond donors (Lipinski definition) is 0. The van der Waals surface area contributed by atoms with Gasteiger partial charge < -0.3 is 9.13 Å². The van der Waals surface area contributed by atoms with Crippen LogP contribution in [0.15, 0.2) is 48.5 Å². The van der Waals surface area contributed by atoms with E-state index in [9.17, 15) is 8.78 Å². The van der Waals surface area contributed by atoms with Crippen molar-refractivity contribution in [3.8, 4) is 0 Å². The summed E-state index contributed by atoms with van der Waals surface area (Å²) < 4.78 is 32.5. The van der Waals surface area contributed by atoms with Crippen molar-refractivity contribution in [2.75, 3.05) is 0 Å². The fraction of sp³-hybridized carbons (Fsp3) is 0.556. The average molecular weight is 664 g/mol. The molecule has 10 rings (SSSR count). The Balaban J connectivity index is 0.000000127. The lowest BCUT2D eigenvalue weighted by molar-refractivity contribution is 0.113. The third-order valence-corrected chi connectivity index (χ3v) is 11.6. The van der Waals surface area contributed by atoms with E-state index in [4.69, 9.17) is 23.2 Å². The van der Waals surface area contributed by atoms with Gasteiger partial charge in [-0.15, -0.1) is 20.4 Å². The van der Waals surface area contributed by atoms with Crippen LogP contribution in [0.25, 0.3) is 0 Å². The second-order valence-electron chi connectivity index (χ2n) is 14.7. The van der Waals surface area contributed by atoms with Gasteiger partial charge in [0.25, 0.3) is 0 Å². The van der Waals surface area contributed by atoms with E-state index < -0.39 is 12.3 Å². The summed E-state index contributed by atoms with van der Waals surface area (Å²) in [6, 6.07) is 16.7. The largest absolute Gasteiger partial charge is 0.311 e. The van der Waals surface area contributed by atoms with Crippen molar-refractivity contribution in [2.45, 2.75) is 124 Å². The zero-order valence-electron chi connectivity index (χ0n) is 25.8. The van der Waals surface area contributed by atoms with Crippen LogP contribution in [0.2, 0.25) is 10.0 Å². The Hall–Kier alpha value is -2.84. The van der Waals surface area contributed by atoms with Gasteiger partial charge in [-0.25, -0.2) is 8.78 Å². The van der Waals surface area contributed by atoms with E-state index in [1.807, 2.05) is 48.5 Å². The topological polar surface area (TPSA) is 61.4 Å². The molecule has 46 heavy (non-hydrogen) atoms. The highest BCUT2D eigenvalue weighted by Gasteiger charge is 2.54. The number of alkyl halides is 2. The molecule has 2 aromatic heterocycles. The predicted octanol–water partition coefficient (Wildman–Crippen LogP) is 9.12. The van der Waals surface area contributed by atoms with Crippen LogP contribution in [0, 0.1) is 0 Å². The maximum atomic E-state index is 13.9. The Morgan fingerprint density at radius 3 is 1.15 bits per heavy atom. The van der Waals surface area contributed by atoms with Crippen molar-refractivity contribution < 1.29 is 8.78 Å². The van der Waals surface area contributed by atoms with Crippen LogP contribution in [0.3, 0.4) is 0 Å². The van der Waals surface area contributed by atoms with Gasteiger partial charge in [0.15, 0.2) is 0 Å². The van der Waals surface area contributed by atoms with E-state index in [2.05, 4.69) is 29.5 Å². The maximum Gasteiger partial charge on any atom is 0.144 e. The molecule has 0 aliphatic heterocycles. The van der Waals surface area contributed by atoms with Gasteiger partial charge in [0, 0.05) is 34.0 Å². The van der Waals surface area contributed by atoms with Gasteiger partial charge in [0.2, 0.25) is 0 Å². The zero-order chi connectivity index (χ0) is 31.2. The van der Waals surface area contributed by atoms with Crippen molar-refractivity contribution in [1.29, 1.82) is 0 Å². The van der Waals surface area contributed by atoms with E-state index in [-0.39, 0.29) is 10.8 Å². The summed E-state index contributed by atoms with van der Waals surface area (Å²) in [6.07, 6.45) is 10.1.